The molecule has 0 saturated heterocycles. The van der Waals surface area contributed by atoms with Crippen molar-refractivity contribution < 1.29 is 0 Å². The standard InChI is InChI=1S/C18H21N3/c1-13-8-10-15(11-9-13)14(2)19-12-17-16-6-4-5-7-18(16)21(3)20-17/h4-11,14,19H,12H2,1-3H3/t14-/m0/s1. The number of nitrogens with one attached hydrogen (secondary N) is 1. The number of hydrogen-bond donors (Lipinski definition) is 1. The molecule has 0 aliphatic rings. The Morgan fingerprint density at radius 2 is 1.81 bits per heavy atom. The molecule has 0 radical (unpaired) electrons. The monoisotopic (exact) mass is 279 g/mol. The zero-order chi connectivity index (χ0) is 14.8. The summed E-state index contributed by atoms with van der Waals surface area (Å²) < 4.78 is 1.95. The Kier molecular flexibility index (Phi) is 3.76. The Bertz CT molecular complexity index is 741. The Hall–Kier alpha value is -2.13. The summed E-state index contributed by atoms with van der Waals surface area (Å²) in [5.74, 6) is 0. The maximum Gasteiger partial charge on any atom is 0.0841 e. The fraction of sp³-hybridized carbons (Fsp3) is 0.278. The minimum atomic E-state index is 0.311. The second-order valence-corrected chi connectivity index (χ2v) is 5.60. The number of nitrogens with zero attached hydrogens (tertiary/aromatic N) is 2. The summed E-state index contributed by atoms with van der Waals surface area (Å²) in [5.41, 5.74) is 4.88. The number of aromatic nitrogens is 2. The molecule has 3 heteroatoms. The van der Waals surface area contributed by atoms with Gasteiger partial charge in [-0.05, 0) is 25.5 Å². The highest BCUT2D eigenvalue weighted by atomic mass is 15.3. The van der Waals surface area contributed by atoms with Crippen molar-refractivity contribution in [1.82, 2.24) is 15.1 Å². The molecule has 1 heterocycles. The van der Waals surface area contributed by atoms with Crippen LogP contribution in [-0.2, 0) is 13.6 Å². The summed E-state index contributed by atoms with van der Waals surface area (Å²) >= 11 is 0. The van der Waals surface area contributed by atoms with Gasteiger partial charge in [-0.3, -0.25) is 4.68 Å². The first kappa shape index (κ1) is 13.8. The van der Waals surface area contributed by atoms with Crippen LogP contribution in [-0.4, -0.2) is 9.78 Å². The van der Waals surface area contributed by atoms with Crippen LogP contribution in [0.1, 0.15) is 29.8 Å². The summed E-state index contributed by atoms with van der Waals surface area (Å²) in [5, 5.41) is 9.41. The third kappa shape index (κ3) is 2.83. The molecule has 3 nitrogen and oxygen atoms in total. The maximum atomic E-state index is 4.62. The third-order valence-corrected chi connectivity index (χ3v) is 3.99. The fourth-order valence-corrected chi connectivity index (χ4v) is 2.64. The summed E-state index contributed by atoms with van der Waals surface area (Å²) in [6, 6.07) is 17.4. The predicted molar refractivity (Wildman–Crippen MR) is 87.1 cm³/mol. The van der Waals surface area contributed by atoms with E-state index in [1.54, 1.807) is 0 Å². The van der Waals surface area contributed by atoms with E-state index in [1.807, 2.05) is 11.7 Å². The highest BCUT2D eigenvalue weighted by molar-refractivity contribution is 5.81. The van der Waals surface area contributed by atoms with E-state index in [0.29, 0.717) is 6.04 Å². The van der Waals surface area contributed by atoms with Crippen LogP contribution in [0.5, 0.6) is 0 Å². The molecule has 1 N–H and O–H groups in total. The van der Waals surface area contributed by atoms with Crippen molar-refractivity contribution in [3.8, 4) is 0 Å². The highest BCUT2D eigenvalue weighted by Gasteiger charge is 2.10. The molecule has 0 aliphatic heterocycles. The van der Waals surface area contributed by atoms with Crippen molar-refractivity contribution in [2.75, 3.05) is 0 Å². The Morgan fingerprint density at radius 3 is 2.57 bits per heavy atom. The lowest BCUT2D eigenvalue weighted by Gasteiger charge is -2.13. The van der Waals surface area contributed by atoms with E-state index >= 15 is 0 Å². The van der Waals surface area contributed by atoms with Crippen molar-refractivity contribution in [1.29, 1.82) is 0 Å². The van der Waals surface area contributed by atoms with Crippen LogP contribution in [0.25, 0.3) is 10.9 Å². The van der Waals surface area contributed by atoms with Crippen molar-refractivity contribution >= 4 is 10.9 Å². The van der Waals surface area contributed by atoms with Crippen molar-refractivity contribution in [3.63, 3.8) is 0 Å². The van der Waals surface area contributed by atoms with Crippen LogP contribution in [0, 0.1) is 6.92 Å². The summed E-state index contributed by atoms with van der Waals surface area (Å²) in [4.78, 5) is 0. The molecule has 0 amide bonds. The van der Waals surface area contributed by atoms with Crippen LogP contribution in [0.15, 0.2) is 48.5 Å². The smallest absolute Gasteiger partial charge is 0.0841 e. The van der Waals surface area contributed by atoms with Crippen LogP contribution < -0.4 is 5.32 Å². The first-order valence-electron chi connectivity index (χ1n) is 7.35. The van der Waals surface area contributed by atoms with E-state index in [9.17, 15) is 0 Å². The lowest BCUT2D eigenvalue weighted by Crippen LogP contribution is -2.18. The predicted octanol–water partition coefficient (Wildman–Crippen LogP) is 3.73. The Balaban J connectivity index is 1.76. The molecule has 3 aromatic rings. The largest absolute Gasteiger partial charge is 0.304 e. The zero-order valence-electron chi connectivity index (χ0n) is 12.8. The first-order valence-corrected chi connectivity index (χ1v) is 7.35. The lowest BCUT2D eigenvalue weighted by molar-refractivity contribution is 0.563. The Labute approximate surface area is 125 Å². The number of aryl methyl sites for hydroxylation is 2. The molecule has 0 saturated carbocycles. The van der Waals surface area contributed by atoms with Gasteiger partial charge in [0.25, 0.3) is 0 Å². The molecule has 0 bridgehead atoms. The number of rotatable bonds is 4. The lowest BCUT2D eigenvalue weighted by atomic mass is 10.1. The topological polar surface area (TPSA) is 29.9 Å². The molecule has 108 valence electrons. The van der Waals surface area contributed by atoms with Crippen molar-refractivity contribution in [3.05, 3.63) is 65.4 Å². The van der Waals surface area contributed by atoms with Gasteiger partial charge in [0.1, 0.15) is 0 Å². The molecular weight excluding hydrogens is 258 g/mol. The average Bonchev–Trinajstić information content (AvgIpc) is 2.83. The number of benzene rings is 2. The average molecular weight is 279 g/mol. The van der Waals surface area contributed by atoms with Gasteiger partial charge >= 0.3 is 0 Å². The van der Waals surface area contributed by atoms with E-state index in [2.05, 4.69) is 72.8 Å². The van der Waals surface area contributed by atoms with Gasteiger partial charge in [0, 0.05) is 25.0 Å². The maximum absolute atomic E-state index is 4.62. The van der Waals surface area contributed by atoms with Crippen LogP contribution in [0.2, 0.25) is 0 Å². The van der Waals surface area contributed by atoms with Crippen LogP contribution >= 0.6 is 0 Å². The van der Waals surface area contributed by atoms with Gasteiger partial charge in [0.05, 0.1) is 11.2 Å². The van der Waals surface area contributed by atoms with Crippen LogP contribution in [0.3, 0.4) is 0 Å². The number of fused-ring (bicyclic) bond motifs is 1. The van der Waals surface area contributed by atoms with Gasteiger partial charge in [0.15, 0.2) is 0 Å². The van der Waals surface area contributed by atoms with E-state index in [-0.39, 0.29) is 0 Å². The van der Waals surface area contributed by atoms with E-state index in [1.165, 1.54) is 22.0 Å². The van der Waals surface area contributed by atoms with E-state index in [4.69, 9.17) is 0 Å². The van der Waals surface area contributed by atoms with E-state index in [0.717, 1.165) is 12.2 Å². The number of para-hydroxylation sites is 1. The summed E-state index contributed by atoms with van der Waals surface area (Å²) in [7, 11) is 2.00. The van der Waals surface area contributed by atoms with Gasteiger partial charge in [-0.1, -0.05) is 48.0 Å². The second kappa shape index (κ2) is 5.70. The quantitative estimate of drug-likeness (QED) is 0.788. The molecule has 1 atom stereocenters. The first-order chi connectivity index (χ1) is 10.1. The second-order valence-electron chi connectivity index (χ2n) is 5.60. The summed E-state index contributed by atoms with van der Waals surface area (Å²) in [6.07, 6.45) is 0. The molecule has 0 aliphatic carbocycles. The molecule has 0 unspecified atom stereocenters. The normalized spacial score (nSPS) is 12.7. The molecular formula is C18H21N3. The summed E-state index contributed by atoms with van der Waals surface area (Å²) in [6.45, 7) is 5.08. The molecule has 0 spiro atoms. The Morgan fingerprint density at radius 1 is 1.10 bits per heavy atom. The highest BCUT2D eigenvalue weighted by Crippen LogP contribution is 2.19. The van der Waals surface area contributed by atoms with E-state index < -0.39 is 0 Å². The fourth-order valence-electron chi connectivity index (χ4n) is 2.64. The zero-order valence-corrected chi connectivity index (χ0v) is 12.8. The number of hydrogen-bond acceptors (Lipinski definition) is 2. The SMILES string of the molecule is Cc1ccc([C@H](C)NCc2nn(C)c3ccccc23)cc1. The van der Waals surface area contributed by atoms with Gasteiger partial charge in [-0.15, -0.1) is 0 Å². The minimum Gasteiger partial charge on any atom is -0.304 e. The van der Waals surface area contributed by atoms with Crippen molar-refractivity contribution in [2.24, 2.45) is 7.05 Å². The van der Waals surface area contributed by atoms with Gasteiger partial charge in [-0.2, -0.15) is 5.10 Å². The molecule has 3 rings (SSSR count). The van der Waals surface area contributed by atoms with Gasteiger partial charge < -0.3 is 5.32 Å². The van der Waals surface area contributed by atoms with Crippen LogP contribution in [0.4, 0.5) is 0 Å². The van der Waals surface area contributed by atoms with Crippen molar-refractivity contribution in [2.45, 2.75) is 26.4 Å². The third-order valence-electron chi connectivity index (χ3n) is 3.99. The molecule has 21 heavy (non-hydrogen) atoms. The molecule has 2 aromatic carbocycles. The molecule has 0 fully saturated rings. The minimum absolute atomic E-state index is 0.311. The molecule has 1 aromatic heterocycles. The van der Waals surface area contributed by atoms with Gasteiger partial charge in [0.2, 0.25) is 0 Å². The van der Waals surface area contributed by atoms with Gasteiger partial charge in [-0.25, -0.2) is 0 Å².